The van der Waals surface area contributed by atoms with Gasteiger partial charge in [-0.3, -0.25) is 9.59 Å². The van der Waals surface area contributed by atoms with Crippen molar-refractivity contribution < 1.29 is 27.5 Å². The highest BCUT2D eigenvalue weighted by molar-refractivity contribution is 6.33. The smallest absolute Gasteiger partial charge is 0.392 e. The van der Waals surface area contributed by atoms with Crippen molar-refractivity contribution in [2.75, 3.05) is 5.32 Å². The number of anilines is 1. The van der Waals surface area contributed by atoms with Gasteiger partial charge in [-0.05, 0) is 69.0 Å². The summed E-state index contributed by atoms with van der Waals surface area (Å²) in [5, 5.41) is 3.12. The zero-order valence-corrected chi connectivity index (χ0v) is 21.4. The fourth-order valence-corrected chi connectivity index (χ4v) is 4.35. The molecule has 0 aliphatic heterocycles. The van der Waals surface area contributed by atoms with Crippen LogP contribution in [0.3, 0.4) is 0 Å². The Labute approximate surface area is 213 Å². The summed E-state index contributed by atoms with van der Waals surface area (Å²) in [4.78, 5) is 25.6. The van der Waals surface area contributed by atoms with E-state index in [1.807, 2.05) is 0 Å². The predicted octanol–water partition coefficient (Wildman–Crippen LogP) is 7.68. The SMILES string of the molecule is CC(C(C(=O)Nc1cc(C2(CC(=O)OC(C)(C)C)CC2)ccc1Cl)c1ccc(Cl)cc1)C(F)(F)F. The molecule has 0 saturated heterocycles. The Morgan fingerprint density at radius 3 is 2.17 bits per heavy atom. The minimum atomic E-state index is -4.60. The van der Waals surface area contributed by atoms with Gasteiger partial charge in [0.2, 0.25) is 5.91 Å². The number of esters is 1. The number of ether oxygens (including phenoxy) is 1. The Bertz CT molecular complexity index is 1090. The first kappa shape index (κ1) is 27.3. The molecule has 0 spiro atoms. The minimum Gasteiger partial charge on any atom is -0.460 e. The first-order valence-electron chi connectivity index (χ1n) is 11.3. The number of amides is 1. The lowest BCUT2D eigenvalue weighted by molar-refractivity contribution is -0.178. The highest BCUT2D eigenvalue weighted by Gasteiger charge is 2.47. The first-order chi connectivity index (χ1) is 16.1. The Hall–Kier alpha value is -2.25. The number of carbonyl (C=O) groups is 2. The molecule has 2 unspecified atom stereocenters. The summed E-state index contributed by atoms with van der Waals surface area (Å²) in [5.41, 5.74) is 0.0971. The van der Waals surface area contributed by atoms with Crippen molar-refractivity contribution in [2.24, 2.45) is 5.92 Å². The van der Waals surface area contributed by atoms with Crippen LogP contribution in [0, 0.1) is 5.92 Å². The van der Waals surface area contributed by atoms with Crippen molar-refractivity contribution in [2.45, 2.75) is 70.1 Å². The van der Waals surface area contributed by atoms with Gasteiger partial charge in [0.1, 0.15) is 5.60 Å². The van der Waals surface area contributed by atoms with Gasteiger partial charge in [-0.2, -0.15) is 13.2 Å². The molecule has 1 aliphatic rings. The maximum atomic E-state index is 13.6. The van der Waals surface area contributed by atoms with E-state index in [1.165, 1.54) is 24.3 Å². The molecule has 3 rings (SSSR count). The second-order valence-electron chi connectivity index (χ2n) is 10.1. The second kappa shape index (κ2) is 10.0. The van der Waals surface area contributed by atoms with E-state index in [9.17, 15) is 22.8 Å². The maximum absolute atomic E-state index is 13.6. The highest BCUT2D eigenvalue weighted by Crippen LogP contribution is 2.52. The van der Waals surface area contributed by atoms with Gasteiger partial charge >= 0.3 is 12.1 Å². The summed E-state index contributed by atoms with van der Waals surface area (Å²) in [5.74, 6) is -4.64. The van der Waals surface area contributed by atoms with E-state index in [4.69, 9.17) is 27.9 Å². The average Bonchev–Trinajstić information content (AvgIpc) is 3.49. The van der Waals surface area contributed by atoms with Gasteiger partial charge in [0.05, 0.1) is 29.0 Å². The zero-order valence-electron chi connectivity index (χ0n) is 19.9. The molecule has 1 saturated carbocycles. The highest BCUT2D eigenvalue weighted by atomic mass is 35.5. The largest absolute Gasteiger partial charge is 0.460 e. The Morgan fingerprint density at radius 2 is 1.66 bits per heavy atom. The number of hydrogen-bond acceptors (Lipinski definition) is 3. The molecular weight excluding hydrogens is 502 g/mol. The number of carbonyl (C=O) groups excluding carboxylic acids is 2. The molecule has 1 amide bonds. The van der Waals surface area contributed by atoms with Gasteiger partial charge in [-0.25, -0.2) is 0 Å². The van der Waals surface area contributed by atoms with Crippen LogP contribution in [0.2, 0.25) is 10.0 Å². The van der Waals surface area contributed by atoms with E-state index in [-0.39, 0.29) is 28.7 Å². The lowest BCUT2D eigenvalue weighted by atomic mass is 9.85. The summed E-state index contributed by atoms with van der Waals surface area (Å²) < 4.78 is 46.4. The summed E-state index contributed by atoms with van der Waals surface area (Å²) >= 11 is 12.2. The van der Waals surface area contributed by atoms with Crippen molar-refractivity contribution in [1.29, 1.82) is 0 Å². The molecular formula is C26H28Cl2F3NO3. The Morgan fingerprint density at radius 1 is 1.06 bits per heavy atom. The average molecular weight is 530 g/mol. The van der Waals surface area contributed by atoms with E-state index in [1.54, 1.807) is 39.0 Å². The molecule has 1 N–H and O–H groups in total. The number of nitrogens with one attached hydrogen (secondary N) is 1. The van der Waals surface area contributed by atoms with Gasteiger partial charge < -0.3 is 10.1 Å². The topological polar surface area (TPSA) is 55.4 Å². The molecule has 35 heavy (non-hydrogen) atoms. The standard InChI is InChI=1S/C26H28Cl2F3NO3/c1-15(26(29,30)31)22(16-5-8-18(27)9-6-16)23(34)32-20-13-17(7-10-19(20)28)25(11-12-25)14-21(33)35-24(2,3)4/h5-10,13,15,22H,11-12,14H2,1-4H3,(H,32,34). The van der Waals surface area contributed by atoms with Crippen molar-refractivity contribution in [1.82, 2.24) is 0 Å². The Balaban J connectivity index is 1.87. The molecule has 0 bridgehead atoms. The predicted molar refractivity (Wildman–Crippen MR) is 131 cm³/mol. The van der Waals surface area contributed by atoms with Crippen LogP contribution < -0.4 is 5.32 Å². The van der Waals surface area contributed by atoms with Crippen LogP contribution in [0.5, 0.6) is 0 Å². The van der Waals surface area contributed by atoms with Crippen LogP contribution >= 0.6 is 23.2 Å². The molecule has 1 aliphatic carbocycles. The molecule has 1 fully saturated rings. The van der Waals surface area contributed by atoms with Crippen LogP contribution in [0.25, 0.3) is 0 Å². The molecule has 0 heterocycles. The lowest BCUT2D eigenvalue weighted by Crippen LogP contribution is -2.34. The van der Waals surface area contributed by atoms with E-state index in [0.29, 0.717) is 5.02 Å². The molecule has 2 aromatic rings. The molecule has 2 atom stereocenters. The fourth-order valence-electron chi connectivity index (χ4n) is 4.06. The number of hydrogen-bond donors (Lipinski definition) is 1. The first-order valence-corrected chi connectivity index (χ1v) is 12.0. The number of benzene rings is 2. The fraction of sp³-hybridized carbons (Fsp3) is 0.462. The van der Waals surface area contributed by atoms with Gasteiger partial charge in [0.15, 0.2) is 0 Å². The van der Waals surface area contributed by atoms with E-state index in [2.05, 4.69) is 5.32 Å². The summed E-state index contributed by atoms with van der Waals surface area (Å²) in [6.07, 6.45) is -2.93. The molecule has 190 valence electrons. The third-order valence-corrected chi connectivity index (χ3v) is 6.70. The second-order valence-corrected chi connectivity index (χ2v) is 10.9. The van der Waals surface area contributed by atoms with Crippen LogP contribution in [0.4, 0.5) is 18.9 Å². The van der Waals surface area contributed by atoms with Crippen molar-refractivity contribution in [3.63, 3.8) is 0 Å². The van der Waals surface area contributed by atoms with Gasteiger partial charge in [0.25, 0.3) is 0 Å². The normalized spacial score (nSPS) is 16.8. The van der Waals surface area contributed by atoms with Crippen LogP contribution in [-0.4, -0.2) is 23.7 Å². The van der Waals surface area contributed by atoms with E-state index >= 15 is 0 Å². The third kappa shape index (κ3) is 6.91. The monoisotopic (exact) mass is 529 g/mol. The number of rotatable bonds is 7. The molecule has 4 nitrogen and oxygen atoms in total. The summed E-state index contributed by atoms with van der Waals surface area (Å²) in [6, 6.07) is 10.7. The van der Waals surface area contributed by atoms with Crippen LogP contribution in [-0.2, 0) is 19.7 Å². The third-order valence-electron chi connectivity index (χ3n) is 6.12. The van der Waals surface area contributed by atoms with Crippen LogP contribution in [0.15, 0.2) is 42.5 Å². The van der Waals surface area contributed by atoms with Crippen molar-refractivity contribution >= 4 is 40.8 Å². The molecule has 0 aromatic heterocycles. The van der Waals surface area contributed by atoms with Gasteiger partial charge in [-0.15, -0.1) is 0 Å². The van der Waals surface area contributed by atoms with E-state index in [0.717, 1.165) is 25.3 Å². The summed E-state index contributed by atoms with van der Waals surface area (Å²) in [6.45, 7) is 6.34. The van der Waals surface area contributed by atoms with Gasteiger partial charge in [0, 0.05) is 10.4 Å². The quantitative estimate of drug-likeness (QED) is 0.374. The van der Waals surface area contributed by atoms with Crippen molar-refractivity contribution in [3.8, 4) is 0 Å². The Kier molecular flexibility index (Phi) is 7.82. The molecule has 2 aromatic carbocycles. The van der Waals surface area contributed by atoms with Crippen LogP contribution in [0.1, 0.15) is 64.0 Å². The zero-order chi connectivity index (χ0) is 26.2. The minimum absolute atomic E-state index is 0.164. The molecule has 0 radical (unpaired) electrons. The van der Waals surface area contributed by atoms with Gasteiger partial charge in [-0.1, -0.05) is 48.3 Å². The lowest BCUT2D eigenvalue weighted by Gasteiger charge is -2.26. The molecule has 9 heteroatoms. The maximum Gasteiger partial charge on any atom is 0.392 e. The van der Waals surface area contributed by atoms with E-state index < -0.39 is 34.9 Å². The summed E-state index contributed by atoms with van der Waals surface area (Å²) in [7, 11) is 0. The number of halogens is 5. The number of alkyl halides is 3. The van der Waals surface area contributed by atoms with Crippen molar-refractivity contribution in [3.05, 3.63) is 63.6 Å².